The maximum absolute atomic E-state index is 13.9. The van der Waals surface area contributed by atoms with Crippen molar-refractivity contribution in [1.82, 2.24) is 20.1 Å². The van der Waals surface area contributed by atoms with Crippen LogP contribution in [0.2, 0.25) is 0 Å². The number of hydrogen-bond donors (Lipinski definition) is 1. The molecular weight excluding hydrogens is 307 g/mol. The second-order valence-electron chi connectivity index (χ2n) is 5.37. The summed E-state index contributed by atoms with van der Waals surface area (Å²) in [4.78, 5) is 16.4. The van der Waals surface area contributed by atoms with E-state index in [1.165, 1.54) is 12.4 Å². The molecule has 0 saturated carbocycles. The summed E-state index contributed by atoms with van der Waals surface area (Å²) in [6, 6.07) is 13.4. The third-order valence-corrected chi connectivity index (χ3v) is 3.75. The van der Waals surface area contributed by atoms with Gasteiger partial charge in [0.1, 0.15) is 18.0 Å². The van der Waals surface area contributed by atoms with Crippen molar-refractivity contribution in [3.05, 3.63) is 72.1 Å². The molecule has 0 atom stereocenters. The van der Waals surface area contributed by atoms with Crippen LogP contribution in [0.4, 0.5) is 4.39 Å². The predicted octanol–water partition coefficient (Wildman–Crippen LogP) is 2.59. The fraction of sp³-hybridized carbons (Fsp3) is 0.167. The van der Waals surface area contributed by atoms with Crippen LogP contribution in [-0.4, -0.2) is 27.2 Å². The molecule has 0 saturated heterocycles. The van der Waals surface area contributed by atoms with Crippen LogP contribution in [0.25, 0.3) is 11.1 Å². The molecular formula is C18H17FN4O. The number of rotatable bonds is 5. The van der Waals surface area contributed by atoms with Crippen LogP contribution in [0.3, 0.4) is 0 Å². The van der Waals surface area contributed by atoms with E-state index in [1.54, 1.807) is 47.1 Å². The van der Waals surface area contributed by atoms with Gasteiger partial charge in [0.2, 0.25) is 0 Å². The molecule has 1 N–H and O–H groups in total. The Labute approximate surface area is 139 Å². The Bertz CT molecular complexity index is 859. The van der Waals surface area contributed by atoms with Gasteiger partial charge in [0.15, 0.2) is 0 Å². The number of aryl methyl sites for hydroxylation is 1. The molecule has 0 aliphatic carbocycles. The monoisotopic (exact) mass is 324 g/mol. The van der Waals surface area contributed by atoms with E-state index in [2.05, 4.69) is 15.4 Å². The fourth-order valence-electron chi connectivity index (χ4n) is 2.46. The number of nitrogens with zero attached hydrogens (tertiary/aromatic N) is 3. The first-order chi connectivity index (χ1) is 11.6. The lowest BCUT2D eigenvalue weighted by molar-refractivity contribution is 0.0954. The van der Waals surface area contributed by atoms with Gasteiger partial charge in [0.25, 0.3) is 5.91 Å². The van der Waals surface area contributed by atoms with Crippen LogP contribution in [0.1, 0.15) is 16.2 Å². The molecule has 1 aromatic heterocycles. The van der Waals surface area contributed by atoms with Gasteiger partial charge in [-0.1, -0.05) is 30.3 Å². The molecule has 0 fully saturated rings. The highest BCUT2D eigenvalue weighted by atomic mass is 19.1. The van der Waals surface area contributed by atoms with Crippen molar-refractivity contribution in [2.75, 3.05) is 6.54 Å². The van der Waals surface area contributed by atoms with E-state index in [4.69, 9.17) is 0 Å². The second-order valence-corrected chi connectivity index (χ2v) is 5.37. The van der Waals surface area contributed by atoms with Gasteiger partial charge < -0.3 is 5.32 Å². The summed E-state index contributed by atoms with van der Waals surface area (Å²) in [5.41, 5.74) is 1.65. The number of nitrogens with one attached hydrogen (secondary N) is 1. The number of aromatic nitrogens is 3. The van der Waals surface area contributed by atoms with Crippen LogP contribution in [-0.2, 0) is 13.5 Å². The molecule has 6 heteroatoms. The van der Waals surface area contributed by atoms with E-state index in [1.807, 2.05) is 7.05 Å². The van der Waals surface area contributed by atoms with Gasteiger partial charge in [-0.05, 0) is 23.8 Å². The van der Waals surface area contributed by atoms with Crippen molar-refractivity contribution in [3.8, 4) is 11.1 Å². The van der Waals surface area contributed by atoms with Gasteiger partial charge in [-0.3, -0.25) is 9.48 Å². The molecule has 0 aliphatic rings. The molecule has 122 valence electrons. The number of carbonyl (C=O) groups excluding carboxylic acids is 1. The standard InChI is InChI=1S/C18H17FN4O/c1-23-17(21-12-22-23)9-10-20-18(24)14-6-4-5-13(11-14)15-7-2-3-8-16(15)19/h2-8,11-12H,9-10H2,1H3,(H,20,24). The molecule has 1 amide bonds. The van der Waals surface area contributed by atoms with Gasteiger partial charge in [0.05, 0.1) is 0 Å². The molecule has 24 heavy (non-hydrogen) atoms. The summed E-state index contributed by atoms with van der Waals surface area (Å²) in [6.45, 7) is 0.454. The Morgan fingerprint density at radius 2 is 2.04 bits per heavy atom. The Balaban J connectivity index is 1.68. The second kappa shape index (κ2) is 7.04. The molecule has 0 spiro atoms. The quantitative estimate of drug-likeness (QED) is 0.785. The lowest BCUT2D eigenvalue weighted by Gasteiger charge is -2.08. The molecule has 3 rings (SSSR count). The Kier molecular flexibility index (Phi) is 4.65. The molecule has 0 radical (unpaired) electrons. The first kappa shape index (κ1) is 15.9. The number of carbonyl (C=O) groups is 1. The Morgan fingerprint density at radius 1 is 1.21 bits per heavy atom. The summed E-state index contributed by atoms with van der Waals surface area (Å²) < 4.78 is 15.6. The van der Waals surface area contributed by atoms with Gasteiger partial charge in [0, 0.05) is 31.1 Å². The zero-order valence-electron chi connectivity index (χ0n) is 13.2. The average Bonchev–Trinajstić information content (AvgIpc) is 3.00. The third-order valence-electron chi connectivity index (χ3n) is 3.75. The van der Waals surface area contributed by atoms with Crippen LogP contribution >= 0.6 is 0 Å². The van der Waals surface area contributed by atoms with Crippen LogP contribution < -0.4 is 5.32 Å². The summed E-state index contributed by atoms with van der Waals surface area (Å²) in [5.74, 6) is 0.295. The van der Waals surface area contributed by atoms with Crippen LogP contribution in [0.5, 0.6) is 0 Å². The normalized spacial score (nSPS) is 10.6. The highest BCUT2D eigenvalue weighted by Gasteiger charge is 2.09. The first-order valence-electron chi connectivity index (χ1n) is 7.61. The summed E-state index contributed by atoms with van der Waals surface area (Å²) in [6.07, 6.45) is 2.07. The van der Waals surface area contributed by atoms with Gasteiger partial charge in [-0.25, -0.2) is 9.37 Å². The molecule has 2 aromatic carbocycles. The minimum Gasteiger partial charge on any atom is -0.352 e. The topological polar surface area (TPSA) is 59.8 Å². The Hall–Kier alpha value is -3.02. The predicted molar refractivity (Wildman–Crippen MR) is 88.9 cm³/mol. The highest BCUT2D eigenvalue weighted by Crippen LogP contribution is 2.23. The van der Waals surface area contributed by atoms with Crippen molar-refractivity contribution in [2.45, 2.75) is 6.42 Å². The van der Waals surface area contributed by atoms with Crippen molar-refractivity contribution >= 4 is 5.91 Å². The number of amides is 1. The number of benzene rings is 2. The van der Waals surface area contributed by atoms with E-state index in [-0.39, 0.29) is 11.7 Å². The van der Waals surface area contributed by atoms with E-state index in [0.29, 0.717) is 29.7 Å². The summed E-state index contributed by atoms with van der Waals surface area (Å²) >= 11 is 0. The minimum atomic E-state index is -0.308. The molecule has 0 aliphatic heterocycles. The molecule has 0 bridgehead atoms. The smallest absolute Gasteiger partial charge is 0.251 e. The average molecular weight is 324 g/mol. The van der Waals surface area contributed by atoms with Gasteiger partial charge in [-0.2, -0.15) is 5.10 Å². The fourth-order valence-corrected chi connectivity index (χ4v) is 2.46. The van der Waals surface area contributed by atoms with Gasteiger partial charge >= 0.3 is 0 Å². The lowest BCUT2D eigenvalue weighted by Crippen LogP contribution is -2.26. The van der Waals surface area contributed by atoms with E-state index in [9.17, 15) is 9.18 Å². The summed E-state index contributed by atoms with van der Waals surface area (Å²) in [7, 11) is 1.81. The lowest BCUT2D eigenvalue weighted by atomic mass is 10.0. The van der Waals surface area contributed by atoms with Crippen LogP contribution in [0, 0.1) is 5.82 Å². The van der Waals surface area contributed by atoms with Crippen molar-refractivity contribution in [1.29, 1.82) is 0 Å². The summed E-state index contributed by atoms with van der Waals surface area (Å²) in [5, 5.41) is 6.83. The number of halogens is 1. The molecule has 3 aromatic rings. The SMILES string of the molecule is Cn1ncnc1CCNC(=O)c1cccc(-c2ccccc2F)c1. The zero-order chi connectivity index (χ0) is 16.9. The van der Waals surface area contributed by atoms with Crippen molar-refractivity contribution in [3.63, 3.8) is 0 Å². The van der Waals surface area contributed by atoms with Crippen molar-refractivity contribution < 1.29 is 9.18 Å². The van der Waals surface area contributed by atoms with E-state index in [0.717, 1.165) is 5.82 Å². The Morgan fingerprint density at radius 3 is 2.79 bits per heavy atom. The molecule has 1 heterocycles. The number of hydrogen-bond acceptors (Lipinski definition) is 3. The van der Waals surface area contributed by atoms with Crippen molar-refractivity contribution in [2.24, 2.45) is 7.05 Å². The maximum atomic E-state index is 13.9. The molecule has 5 nitrogen and oxygen atoms in total. The van der Waals surface area contributed by atoms with E-state index < -0.39 is 0 Å². The van der Waals surface area contributed by atoms with E-state index >= 15 is 0 Å². The maximum Gasteiger partial charge on any atom is 0.251 e. The zero-order valence-corrected chi connectivity index (χ0v) is 13.2. The third kappa shape index (κ3) is 3.48. The van der Waals surface area contributed by atoms with Crippen LogP contribution in [0.15, 0.2) is 54.9 Å². The largest absolute Gasteiger partial charge is 0.352 e. The minimum absolute atomic E-state index is 0.199. The highest BCUT2D eigenvalue weighted by molar-refractivity contribution is 5.95. The molecule has 0 unspecified atom stereocenters. The first-order valence-corrected chi connectivity index (χ1v) is 7.61. The van der Waals surface area contributed by atoms with Gasteiger partial charge in [-0.15, -0.1) is 0 Å².